The summed E-state index contributed by atoms with van der Waals surface area (Å²) in [4.78, 5) is 13.2. The molecule has 2 spiro atoms. The molecule has 5 fully saturated rings. The first-order valence-electron chi connectivity index (χ1n) is 12.4. The summed E-state index contributed by atoms with van der Waals surface area (Å²) in [7, 11) is 1.92. The van der Waals surface area contributed by atoms with Gasteiger partial charge in [0.05, 0.1) is 11.9 Å². The van der Waals surface area contributed by atoms with Gasteiger partial charge in [0.2, 0.25) is 0 Å². The molecular weight excluding hydrogens is 426 g/mol. The number of aromatic nitrogens is 1. The van der Waals surface area contributed by atoms with E-state index in [0.717, 1.165) is 57.1 Å². The fourth-order valence-electron chi connectivity index (χ4n) is 6.00. The topological polar surface area (TPSA) is 92.5 Å². The fraction of sp³-hybridized carbons (Fsp3) is 0.750. The molecule has 1 N–H and O–H groups in total. The molecule has 3 aliphatic heterocycles. The quantitative estimate of drug-likeness (QED) is 0.552. The average molecular weight is 460 g/mol. The number of amides is 1. The summed E-state index contributed by atoms with van der Waals surface area (Å²) in [5.74, 6) is -1.67. The SMILES string of the molecule is Cn1cccc1/C=N/NC(=O)[C@@H]1O[C@@H]2OC3(CCCCC3)O[C@@H]2[C@@H]2OC3(CCCCC3)O[C@@H]21. The van der Waals surface area contributed by atoms with Crippen LogP contribution in [0.2, 0.25) is 0 Å². The fourth-order valence-corrected chi connectivity index (χ4v) is 6.00. The average Bonchev–Trinajstić information content (AvgIpc) is 3.49. The molecule has 33 heavy (non-hydrogen) atoms. The lowest BCUT2D eigenvalue weighted by Crippen LogP contribution is -2.59. The van der Waals surface area contributed by atoms with Crippen LogP contribution in [-0.4, -0.2) is 59.0 Å². The van der Waals surface area contributed by atoms with Crippen molar-refractivity contribution in [1.29, 1.82) is 0 Å². The monoisotopic (exact) mass is 459 g/mol. The van der Waals surface area contributed by atoms with E-state index in [1.54, 1.807) is 6.21 Å². The van der Waals surface area contributed by atoms with E-state index < -0.39 is 42.3 Å². The number of hydrogen-bond acceptors (Lipinski definition) is 7. The molecule has 0 unspecified atom stereocenters. The van der Waals surface area contributed by atoms with Crippen LogP contribution in [0.15, 0.2) is 23.4 Å². The first-order valence-corrected chi connectivity index (χ1v) is 12.4. The Morgan fingerprint density at radius 3 is 2.27 bits per heavy atom. The molecule has 5 aliphatic rings. The molecule has 5 atom stereocenters. The van der Waals surface area contributed by atoms with Gasteiger partial charge in [0.15, 0.2) is 24.0 Å². The molecule has 1 aromatic rings. The highest BCUT2D eigenvalue weighted by Gasteiger charge is 2.65. The van der Waals surface area contributed by atoms with E-state index >= 15 is 0 Å². The van der Waals surface area contributed by atoms with Gasteiger partial charge in [-0.25, -0.2) is 5.43 Å². The summed E-state index contributed by atoms with van der Waals surface area (Å²) < 4.78 is 34.0. The Labute approximate surface area is 193 Å². The third-order valence-electron chi connectivity index (χ3n) is 7.72. The predicted octanol–water partition coefficient (Wildman–Crippen LogP) is 2.72. The van der Waals surface area contributed by atoms with Crippen molar-refractivity contribution in [3.05, 3.63) is 24.0 Å². The van der Waals surface area contributed by atoms with Crippen molar-refractivity contribution in [2.24, 2.45) is 12.1 Å². The second kappa shape index (κ2) is 8.46. The maximum Gasteiger partial charge on any atom is 0.272 e. The van der Waals surface area contributed by atoms with Gasteiger partial charge in [-0.3, -0.25) is 4.79 Å². The summed E-state index contributed by atoms with van der Waals surface area (Å²) in [5, 5.41) is 4.14. The number of nitrogens with zero attached hydrogens (tertiary/aromatic N) is 2. The van der Waals surface area contributed by atoms with Crippen molar-refractivity contribution in [2.45, 2.75) is 106 Å². The first-order chi connectivity index (χ1) is 16.1. The maximum atomic E-state index is 13.2. The Morgan fingerprint density at radius 2 is 1.61 bits per heavy atom. The molecule has 1 aromatic heterocycles. The molecule has 180 valence electrons. The minimum absolute atomic E-state index is 0.362. The number of carbonyl (C=O) groups excluding carboxylic acids is 1. The Balaban J connectivity index is 1.23. The van der Waals surface area contributed by atoms with Crippen LogP contribution in [0, 0.1) is 0 Å². The Kier molecular flexibility index (Phi) is 5.57. The van der Waals surface area contributed by atoms with Crippen LogP contribution in [0.1, 0.15) is 69.9 Å². The molecule has 9 heteroatoms. The second-order valence-electron chi connectivity index (χ2n) is 10.0. The second-order valence-corrected chi connectivity index (χ2v) is 10.0. The van der Waals surface area contributed by atoms with E-state index in [1.165, 1.54) is 12.8 Å². The summed E-state index contributed by atoms with van der Waals surface area (Å²) >= 11 is 0. The molecule has 0 radical (unpaired) electrons. The standard InChI is InChI=1S/C24H33N3O6/c1-27-14-8-9-16(27)15-25-26-21(28)19-17-18(31-23(30-17)10-4-2-5-11-23)20-22(29-19)33-24(32-20)12-6-3-7-13-24/h8-9,14-15,17-20,22H,2-7,10-13H2,1H3,(H,26,28)/b25-15+/t17-,18+,19+,20+,22+/m0/s1. The third-order valence-corrected chi connectivity index (χ3v) is 7.72. The molecule has 3 saturated heterocycles. The van der Waals surface area contributed by atoms with Crippen molar-refractivity contribution in [1.82, 2.24) is 9.99 Å². The normalized spacial score (nSPS) is 36.8. The number of hydrogen-bond donors (Lipinski definition) is 1. The highest BCUT2D eigenvalue weighted by molar-refractivity contribution is 5.84. The van der Waals surface area contributed by atoms with Crippen molar-refractivity contribution < 1.29 is 28.5 Å². The lowest BCUT2D eigenvalue weighted by atomic mass is 9.94. The van der Waals surface area contributed by atoms with E-state index in [9.17, 15) is 4.79 Å². The van der Waals surface area contributed by atoms with Crippen LogP contribution in [0.4, 0.5) is 0 Å². The van der Waals surface area contributed by atoms with Gasteiger partial charge in [0.1, 0.15) is 18.3 Å². The molecule has 0 aromatic carbocycles. The zero-order chi connectivity index (χ0) is 22.5. The van der Waals surface area contributed by atoms with Crippen molar-refractivity contribution in [3.63, 3.8) is 0 Å². The van der Waals surface area contributed by atoms with Gasteiger partial charge in [0, 0.05) is 38.9 Å². The highest BCUT2D eigenvalue weighted by Crippen LogP contribution is 2.50. The number of hydrazone groups is 1. The molecule has 2 saturated carbocycles. The van der Waals surface area contributed by atoms with E-state index in [4.69, 9.17) is 23.7 Å². The van der Waals surface area contributed by atoms with Crippen molar-refractivity contribution in [3.8, 4) is 0 Å². The van der Waals surface area contributed by atoms with Crippen molar-refractivity contribution >= 4 is 12.1 Å². The van der Waals surface area contributed by atoms with Gasteiger partial charge < -0.3 is 28.3 Å². The molecule has 1 amide bonds. The smallest absolute Gasteiger partial charge is 0.272 e. The minimum atomic E-state index is -0.884. The molecular formula is C24H33N3O6. The van der Waals surface area contributed by atoms with Gasteiger partial charge in [-0.2, -0.15) is 5.10 Å². The Bertz CT molecular complexity index is 904. The van der Waals surface area contributed by atoms with Crippen LogP contribution in [0.5, 0.6) is 0 Å². The maximum absolute atomic E-state index is 13.2. The number of carbonyl (C=O) groups is 1. The van der Waals surface area contributed by atoms with Crippen LogP contribution in [0.3, 0.4) is 0 Å². The first kappa shape index (κ1) is 21.7. The number of nitrogens with one attached hydrogen (secondary N) is 1. The van der Waals surface area contributed by atoms with Gasteiger partial charge >= 0.3 is 0 Å². The van der Waals surface area contributed by atoms with E-state index in [0.29, 0.717) is 0 Å². The third kappa shape index (κ3) is 3.93. The lowest BCUT2D eigenvalue weighted by molar-refractivity contribution is -0.247. The van der Waals surface area contributed by atoms with Gasteiger partial charge in [0.25, 0.3) is 5.91 Å². The minimum Gasteiger partial charge on any atom is -0.350 e. The van der Waals surface area contributed by atoms with Gasteiger partial charge in [-0.1, -0.05) is 12.8 Å². The Morgan fingerprint density at radius 1 is 0.970 bits per heavy atom. The predicted molar refractivity (Wildman–Crippen MR) is 117 cm³/mol. The molecule has 6 rings (SSSR count). The zero-order valence-corrected chi connectivity index (χ0v) is 19.1. The Hall–Kier alpha value is -1.78. The van der Waals surface area contributed by atoms with E-state index in [1.807, 2.05) is 29.9 Å². The summed E-state index contributed by atoms with van der Waals surface area (Å²) in [6.45, 7) is 0. The molecule has 9 nitrogen and oxygen atoms in total. The summed E-state index contributed by atoms with van der Waals surface area (Å²) in [6.07, 6.45) is 10.5. The summed E-state index contributed by atoms with van der Waals surface area (Å²) in [5.41, 5.74) is 3.51. The molecule has 4 heterocycles. The lowest BCUT2D eigenvalue weighted by Gasteiger charge is -2.36. The molecule has 0 bridgehead atoms. The number of aryl methyl sites for hydroxylation is 1. The number of rotatable bonds is 3. The van der Waals surface area contributed by atoms with E-state index in [2.05, 4.69) is 10.5 Å². The van der Waals surface area contributed by atoms with Gasteiger partial charge in [-0.05, 0) is 37.8 Å². The van der Waals surface area contributed by atoms with Gasteiger partial charge in [-0.15, -0.1) is 0 Å². The number of ether oxygens (including phenoxy) is 5. The van der Waals surface area contributed by atoms with Crippen LogP contribution in [0.25, 0.3) is 0 Å². The molecule has 2 aliphatic carbocycles. The van der Waals surface area contributed by atoms with Crippen LogP contribution in [-0.2, 0) is 35.5 Å². The zero-order valence-electron chi connectivity index (χ0n) is 19.1. The van der Waals surface area contributed by atoms with Crippen LogP contribution >= 0.6 is 0 Å². The van der Waals surface area contributed by atoms with Crippen molar-refractivity contribution in [2.75, 3.05) is 0 Å². The summed E-state index contributed by atoms with van der Waals surface area (Å²) in [6, 6.07) is 3.84. The van der Waals surface area contributed by atoms with Crippen LogP contribution < -0.4 is 5.43 Å². The number of fused-ring (bicyclic) bond motifs is 3. The largest absolute Gasteiger partial charge is 0.350 e. The highest BCUT2D eigenvalue weighted by atomic mass is 16.9. The van der Waals surface area contributed by atoms with E-state index in [-0.39, 0.29) is 5.91 Å².